The molecule has 0 aliphatic rings. The predicted molar refractivity (Wildman–Crippen MR) is 82.2 cm³/mol. The van der Waals surface area contributed by atoms with Gasteiger partial charge in [0.2, 0.25) is 0 Å². The van der Waals surface area contributed by atoms with Gasteiger partial charge < -0.3 is 0 Å². The first-order chi connectivity index (χ1) is 11.4. The van der Waals surface area contributed by atoms with E-state index in [1.54, 1.807) is 0 Å². The summed E-state index contributed by atoms with van der Waals surface area (Å²) in [6.07, 6.45) is -4.67. The summed E-state index contributed by atoms with van der Waals surface area (Å²) in [5, 5.41) is 3.68. The third kappa shape index (κ3) is 3.86. The molecular weight excluding hydrogens is 366 g/mol. The lowest BCUT2D eigenvalue weighted by molar-refractivity contribution is -0.105. The van der Waals surface area contributed by atoms with Gasteiger partial charge in [0.15, 0.2) is 5.69 Å². The number of nitrogens with zero attached hydrogens (tertiary/aromatic N) is 3. The molecule has 0 saturated heterocycles. The molecule has 1 aromatic heterocycles. The van der Waals surface area contributed by atoms with E-state index in [1.807, 2.05) is 0 Å². The summed E-state index contributed by atoms with van der Waals surface area (Å²) >= 11 is 0. The maximum atomic E-state index is 14.3. The van der Waals surface area contributed by atoms with E-state index in [2.05, 4.69) is 5.10 Å². The third-order valence-electron chi connectivity index (χ3n) is 3.38. The number of benzene rings is 1. The fourth-order valence-electron chi connectivity index (χ4n) is 2.17. The maximum absolute atomic E-state index is 14.3. The summed E-state index contributed by atoms with van der Waals surface area (Å²) in [6.45, 7) is 1.31. The van der Waals surface area contributed by atoms with Gasteiger partial charge in [-0.2, -0.15) is 18.3 Å². The highest BCUT2D eigenvalue weighted by Crippen LogP contribution is 2.27. The molecular formula is C14H13F4N3O3S. The van der Waals surface area contributed by atoms with E-state index in [0.717, 1.165) is 23.9 Å². The van der Waals surface area contributed by atoms with Crippen molar-refractivity contribution >= 4 is 10.8 Å². The van der Waals surface area contributed by atoms with Gasteiger partial charge in [-0.15, -0.1) is 0 Å². The van der Waals surface area contributed by atoms with E-state index in [9.17, 15) is 31.4 Å². The molecule has 6 nitrogen and oxygen atoms in total. The molecule has 1 unspecified atom stereocenters. The first kappa shape index (κ1) is 19.0. The number of hydrogen-bond acceptors (Lipinski definition) is 4. The van der Waals surface area contributed by atoms with Crippen LogP contribution in [0.3, 0.4) is 0 Å². The Morgan fingerprint density at radius 2 is 1.80 bits per heavy atom. The minimum absolute atomic E-state index is 0.0467. The fraction of sp³-hybridized carbons (Fsp3) is 0.357. The molecule has 11 heteroatoms. The molecule has 0 spiro atoms. The van der Waals surface area contributed by atoms with Crippen molar-refractivity contribution in [3.8, 4) is 11.3 Å². The molecule has 25 heavy (non-hydrogen) atoms. The molecule has 2 rings (SSSR count). The molecule has 136 valence electrons. The number of aromatic nitrogens is 3. The minimum Gasteiger partial charge on any atom is -0.267 e. The average Bonchev–Trinajstić information content (AvgIpc) is 2.47. The quantitative estimate of drug-likeness (QED) is 0.753. The molecule has 1 aromatic carbocycles. The minimum atomic E-state index is -4.67. The normalized spacial score (nSPS) is 13.1. The van der Waals surface area contributed by atoms with Crippen LogP contribution in [0.15, 0.2) is 26.6 Å². The van der Waals surface area contributed by atoms with Gasteiger partial charge in [0.1, 0.15) is 11.6 Å². The van der Waals surface area contributed by atoms with Crippen LogP contribution in [0.1, 0.15) is 5.56 Å². The number of alkyl halides is 3. The Labute approximate surface area is 141 Å². The standard InChI is InChI=1S/C14H13F4N3O3S/c1-7-4-9(15)8(5-10(7)25(24)6-14(16,17)18)11-12(22)20(2)13(23)21(3)19-11/h4-5H,6H2,1-3H3. The Bertz CT molecular complexity index is 979. The van der Waals surface area contributed by atoms with Gasteiger partial charge in [0.25, 0.3) is 5.56 Å². The van der Waals surface area contributed by atoms with Gasteiger partial charge in [0, 0.05) is 24.6 Å². The largest absolute Gasteiger partial charge is 0.400 e. The van der Waals surface area contributed by atoms with Crippen molar-refractivity contribution in [2.75, 3.05) is 5.75 Å². The maximum Gasteiger partial charge on any atom is 0.400 e. The number of halogens is 4. The van der Waals surface area contributed by atoms with Crippen LogP contribution in [0.5, 0.6) is 0 Å². The zero-order chi connectivity index (χ0) is 19.1. The highest BCUT2D eigenvalue weighted by atomic mass is 32.2. The van der Waals surface area contributed by atoms with Crippen molar-refractivity contribution < 1.29 is 21.8 Å². The zero-order valence-corrected chi connectivity index (χ0v) is 14.2. The van der Waals surface area contributed by atoms with Crippen LogP contribution in [0.25, 0.3) is 11.3 Å². The van der Waals surface area contributed by atoms with Crippen LogP contribution < -0.4 is 11.2 Å². The molecule has 0 aliphatic heterocycles. The molecule has 2 aromatic rings. The van der Waals surface area contributed by atoms with Crippen molar-refractivity contribution in [3.63, 3.8) is 0 Å². The lowest BCUT2D eigenvalue weighted by atomic mass is 10.1. The summed E-state index contributed by atoms with van der Waals surface area (Å²) in [4.78, 5) is 23.5. The smallest absolute Gasteiger partial charge is 0.267 e. The highest BCUT2D eigenvalue weighted by Gasteiger charge is 2.32. The van der Waals surface area contributed by atoms with Gasteiger partial charge >= 0.3 is 11.9 Å². The monoisotopic (exact) mass is 379 g/mol. The average molecular weight is 379 g/mol. The van der Waals surface area contributed by atoms with Gasteiger partial charge in [0.05, 0.1) is 10.8 Å². The predicted octanol–water partition coefficient (Wildman–Crippen LogP) is 1.26. The molecule has 0 bridgehead atoms. The van der Waals surface area contributed by atoms with Crippen LogP contribution in [0, 0.1) is 12.7 Å². The van der Waals surface area contributed by atoms with Gasteiger partial charge in [-0.3, -0.25) is 13.6 Å². The first-order valence-corrected chi connectivity index (χ1v) is 8.14. The summed E-state index contributed by atoms with van der Waals surface area (Å²) in [6, 6.07) is 1.78. The van der Waals surface area contributed by atoms with Crippen LogP contribution in [0.2, 0.25) is 0 Å². The van der Waals surface area contributed by atoms with Crippen LogP contribution in [0.4, 0.5) is 17.6 Å². The van der Waals surface area contributed by atoms with Crippen molar-refractivity contribution in [2.24, 2.45) is 14.1 Å². The van der Waals surface area contributed by atoms with E-state index in [1.165, 1.54) is 14.0 Å². The second-order valence-corrected chi connectivity index (χ2v) is 6.74. The van der Waals surface area contributed by atoms with Gasteiger partial charge in [-0.05, 0) is 24.6 Å². The van der Waals surface area contributed by atoms with Crippen LogP contribution in [-0.2, 0) is 24.9 Å². The number of aryl methyl sites for hydroxylation is 2. The summed E-state index contributed by atoms with van der Waals surface area (Å²) in [7, 11) is -0.0817. The van der Waals surface area contributed by atoms with Crippen molar-refractivity contribution in [1.82, 2.24) is 14.3 Å². The molecule has 0 aliphatic carbocycles. The Kier molecular flexibility index (Phi) is 4.98. The molecule has 0 radical (unpaired) electrons. The molecule has 0 fully saturated rings. The molecule has 0 N–H and O–H groups in total. The topological polar surface area (TPSA) is 74.0 Å². The van der Waals surface area contributed by atoms with Gasteiger partial charge in [-0.1, -0.05) is 0 Å². The zero-order valence-electron chi connectivity index (χ0n) is 13.3. The number of rotatable bonds is 3. The SMILES string of the molecule is Cc1cc(F)c(-c2nn(C)c(=O)n(C)c2=O)cc1S(=O)CC(F)(F)F. The Hall–Kier alpha value is -2.30. The Balaban J connectivity index is 2.69. The van der Waals surface area contributed by atoms with Crippen LogP contribution in [-0.4, -0.2) is 30.5 Å². The lowest BCUT2D eigenvalue weighted by Crippen LogP contribution is -2.39. The second-order valence-electron chi connectivity index (χ2n) is 5.32. The molecule has 0 saturated carbocycles. The van der Waals surface area contributed by atoms with Crippen molar-refractivity contribution in [2.45, 2.75) is 18.0 Å². The van der Waals surface area contributed by atoms with Gasteiger partial charge in [-0.25, -0.2) is 13.9 Å². The van der Waals surface area contributed by atoms with Crippen LogP contribution >= 0.6 is 0 Å². The Morgan fingerprint density at radius 3 is 2.36 bits per heavy atom. The highest BCUT2D eigenvalue weighted by molar-refractivity contribution is 7.85. The molecule has 1 heterocycles. The van der Waals surface area contributed by atoms with E-state index in [-0.39, 0.29) is 10.5 Å². The fourth-order valence-corrected chi connectivity index (χ4v) is 3.29. The first-order valence-electron chi connectivity index (χ1n) is 6.82. The second kappa shape index (κ2) is 6.54. The summed E-state index contributed by atoms with van der Waals surface area (Å²) in [5.41, 5.74) is -2.51. The lowest BCUT2D eigenvalue weighted by Gasteiger charge is -2.12. The van der Waals surface area contributed by atoms with E-state index < -0.39 is 51.1 Å². The van der Waals surface area contributed by atoms with E-state index in [4.69, 9.17) is 0 Å². The number of hydrogen-bond donors (Lipinski definition) is 0. The van der Waals surface area contributed by atoms with E-state index in [0.29, 0.717) is 4.57 Å². The molecule has 1 atom stereocenters. The molecule has 0 amide bonds. The third-order valence-corrected chi connectivity index (χ3v) is 4.90. The van der Waals surface area contributed by atoms with Crippen molar-refractivity contribution in [3.05, 3.63) is 44.4 Å². The summed E-state index contributed by atoms with van der Waals surface area (Å²) in [5.74, 6) is -2.52. The summed E-state index contributed by atoms with van der Waals surface area (Å²) < 4.78 is 65.1. The van der Waals surface area contributed by atoms with Crippen molar-refractivity contribution in [1.29, 1.82) is 0 Å². The Morgan fingerprint density at radius 1 is 1.20 bits per heavy atom. The van der Waals surface area contributed by atoms with E-state index >= 15 is 0 Å².